The van der Waals surface area contributed by atoms with Crippen molar-refractivity contribution in [2.75, 3.05) is 40.4 Å². The summed E-state index contributed by atoms with van der Waals surface area (Å²) in [7, 11) is 3.04. The van der Waals surface area contributed by atoms with Crippen LogP contribution in [0.2, 0.25) is 5.02 Å². The second-order valence-corrected chi connectivity index (χ2v) is 7.14. The zero-order valence-corrected chi connectivity index (χ0v) is 16.9. The summed E-state index contributed by atoms with van der Waals surface area (Å²) < 4.78 is 12.1. The predicted octanol–water partition coefficient (Wildman–Crippen LogP) is 2.26. The van der Waals surface area contributed by atoms with E-state index in [1.54, 1.807) is 4.57 Å². The quantitative estimate of drug-likeness (QED) is 0.611. The Morgan fingerprint density at radius 2 is 1.75 bits per heavy atom. The lowest BCUT2D eigenvalue weighted by molar-refractivity contribution is 0.150. The Morgan fingerprint density at radius 1 is 1.07 bits per heavy atom. The number of piperazine rings is 1. The average Bonchev–Trinajstić information content (AvgIpc) is 2.72. The highest BCUT2D eigenvalue weighted by Crippen LogP contribution is 2.17. The smallest absolute Gasteiger partial charge is 0.293 e. The normalized spacial score (nSPS) is 14.8. The highest BCUT2D eigenvalue weighted by molar-refractivity contribution is 6.30. The standard InChI is InChI=1S/C20H25ClN4O3/c1-27-18-16(14-23-9-11-24(12-10-23)20(22)28-2)7-8-25(19(18)26)13-15-3-5-17(21)6-4-15/h3-8,22H,9-14H2,1-2H3. The van der Waals surface area contributed by atoms with Crippen LogP contribution in [0, 0.1) is 5.41 Å². The van der Waals surface area contributed by atoms with E-state index in [0.29, 0.717) is 23.9 Å². The van der Waals surface area contributed by atoms with Gasteiger partial charge in [0, 0.05) is 49.5 Å². The molecule has 0 unspecified atom stereocenters. The molecule has 3 rings (SSSR count). The number of nitrogens with zero attached hydrogens (tertiary/aromatic N) is 3. The Bertz CT molecular complexity index is 874. The van der Waals surface area contributed by atoms with Gasteiger partial charge in [-0.05, 0) is 23.8 Å². The van der Waals surface area contributed by atoms with Crippen molar-refractivity contribution in [1.29, 1.82) is 5.41 Å². The van der Waals surface area contributed by atoms with Crippen LogP contribution in [0.1, 0.15) is 11.1 Å². The van der Waals surface area contributed by atoms with Crippen molar-refractivity contribution in [3.05, 3.63) is 63.0 Å². The number of hydrogen-bond donors (Lipinski definition) is 1. The van der Waals surface area contributed by atoms with Crippen LogP contribution in [0.3, 0.4) is 0 Å². The zero-order chi connectivity index (χ0) is 20.1. The first-order chi connectivity index (χ1) is 13.5. The number of ether oxygens (including phenoxy) is 2. The maximum atomic E-state index is 12.9. The van der Waals surface area contributed by atoms with E-state index in [9.17, 15) is 4.79 Å². The fourth-order valence-corrected chi connectivity index (χ4v) is 3.45. The number of amidine groups is 1. The van der Waals surface area contributed by atoms with Crippen LogP contribution in [0.15, 0.2) is 41.3 Å². The molecule has 0 bridgehead atoms. The van der Waals surface area contributed by atoms with E-state index in [2.05, 4.69) is 4.90 Å². The topological polar surface area (TPSA) is 70.8 Å². The van der Waals surface area contributed by atoms with Gasteiger partial charge in [-0.15, -0.1) is 0 Å². The Hall–Kier alpha value is -2.51. The molecule has 1 fully saturated rings. The lowest BCUT2D eigenvalue weighted by Crippen LogP contribution is -2.48. The summed E-state index contributed by atoms with van der Waals surface area (Å²) in [5.74, 6) is 0.378. The van der Waals surface area contributed by atoms with Gasteiger partial charge in [-0.1, -0.05) is 23.7 Å². The first-order valence-corrected chi connectivity index (χ1v) is 9.50. The second kappa shape index (κ2) is 9.12. The van der Waals surface area contributed by atoms with Crippen molar-refractivity contribution >= 4 is 17.6 Å². The molecule has 1 N–H and O–H groups in total. The lowest BCUT2D eigenvalue weighted by Gasteiger charge is -2.35. The Balaban J connectivity index is 1.71. The molecular weight excluding hydrogens is 380 g/mol. The molecule has 0 aliphatic carbocycles. The van der Waals surface area contributed by atoms with Gasteiger partial charge in [-0.2, -0.15) is 0 Å². The third kappa shape index (κ3) is 4.66. The Morgan fingerprint density at radius 3 is 2.36 bits per heavy atom. The van der Waals surface area contributed by atoms with E-state index in [-0.39, 0.29) is 11.6 Å². The summed E-state index contributed by atoms with van der Waals surface area (Å²) in [6, 6.07) is 9.59. The number of rotatable bonds is 5. The molecule has 0 amide bonds. The van der Waals surface area contributed by atoms with Crippen molar-refractivity contribution in [1.82, 2.24) is 14.4 Å². The molecule has 1 aromatic carbocycles. The SMILES string of the molecule is COC(=N)N1CCN(Cc2ccn(Cc3ccc(Cl)cc3)c(=O)c2OC)CC1. The molecule has 150 valence electrons. The maximum absolute atomic E-state index is 12.9. The van der Waals surface area contributed by atoms with Gasteiger partial charge >= 0.3 is 0 Å². The summed E-state index contributed by atoms with van der Waals surface area (Å²) in [6.07, 6.45) is 1.81. The number of halogens is 1. The number of pyridine rings is 1. The number of methoxy groups -OCH3 is 2. The van der Waals surface area contributed by atoms with E-state index >= 15 is 0 Å². The summed E-state index contributed by atoms with van der Waals surface area (Å²) in [4.78, 5) is 17.0. The van der Waals surface area contributed by atoms with Crippen LogP contribution in [-0.4, -0.2) is 60.8 Å². The third-order valence-electron chi connectivity index (χ3n) is 4.92. The summed E-state index contributed by atoms with van der Waals surface area (Å²) in [5, 5.41) is 8.42. The molecule has 0 saturated carbocycles. The van der Waals surface area contributed by atoms with Crippen LogP contribution in [0.25, 0.3) is 0 Å². The van der Waals surface area contributed by atoms with Crippen molar-refractivity contribution < 1.29 is 9.47 Å². The summed E-state index contributed by atoms with van der Waals surface area (Å²) >= 11 is 5.93. The molecule has 1 aliphatic rings. The summed E-state index contributed by atoms with van der Waals surface area (Å²) in [5.41, 5.74) is 1.72. The third-order valence-corrected chi connectivity index (χ3v) is 5.17. The van der Waals surface area contributed by atoms with Crippen LogP contribution in [0.5, 0.6) is 5.75 Å². The molecule has 0 radical (unpaired) electrons. The fraction of sp³-hybridized carbons (Fsp3) is 0.400. The van der Waals surface area contributed by atoms with Gasteiger partial charge in [0.05, 0.1) is 20.8 Å². The minimum absolute atomic E-state index is 0.144. The second-order valence-electron chi connectivity index (χ2n) is 6.71. The fourth-order valence-electron chi connectivity index (χ4n) is 3.32. The van der Waals surface area contributed by atoms with Crippen LogP contribution in [0.4, 0.5) is 0 Å². The number of benzene rings is 1. The molecular formula is C20H25ClN4O3. The molecule has 0 atom stereocenters. The van der Waals surface area contributed by atoms with E-state index in [1.807, 2.05) is 41.4 Å². The number of hydrogen-bond acceptors (Lipinski definition) is 5. The zero-order valence-electron chi connectivity index (χ0n) is 16.2. The average molecular weight is 405 g/mol. The number of aromatic nitrogens is 1. The predicted molar refractivity (Wildman–Crippen MR) is 109 cm³/mol. The van der Waals surface area contributed by atoms with Gasteiger partial charge in [0.1, 0.15) is 0 Å². The molecule has 1 saturated heterocycles. The molecule has 28 heavy (non-hydrogen) atoms. The van der Waals surface area contributed by atoms with Crippen molar-refractivity contribution in [3.63, 3.8) is 0 Å². The van der Waals surface area contributed by atoms with Crippen molar-refractivity contribution in [2.45, 2.75) is 13.1 Å². The van der Waals surface area contributed by atoms with Crippen molar-refractivity contribution in [2.24, 2.45) is 0 Å². The molecule has 2 heterocycles. The first-order valence-electron chi connectivity index (χ1n) is 9.12. The molecule has 0 spiro atoms. The van der Waals surface area contributed by atoms with Crippen LogP contribution in [-0.2, 0) is 17.8 Å². The van der Waals surface area contributed by atoms with Crippen molar-refractivity contribution in [3.8, 4) is 5.75 Å². The van der Waals surface area contributed by atoms with Gasteiger partial charge in [0.25, 0.3) is 11.6 Å². The molecule has 1 aliphatic heterocycles. The van der Waals surface area contributed by atoms with E-state index < -0.39 is 0 Å². The van der Waals surface area contributed by atoms with E-state index in [4.69, 9.17) is 26.5 Å². The largest absolute Gasteiger partial charge is 0.491 e. The Labute approximate surface area is 169 Å². The van der Waals surface area contributed by atoms with Gasteiger partial charge in [0.2, 0.25) is 0 Å². The monoisotopic (exact) mass is 404 g/mol. The highest BCUT2D eigenvalue weighted by atomic mass is 35.5. The van der Waals surface area contributed by atoms with E-state index in [1.165, 1.54) is 14.2 Å². The van der Waals surface area contributed by atoms with Gasteiger partial charge in [-0.3, -0.25) is 15.1 Å². The van der Waals surface area contributed by atoms with Gasteiger partial charge in [0.15, 0.2) is 5.75 Å². The minimum Gasteiger partial charge on any atom is -0.491 e. The van der Waals surface area contributed by atoms with Gasteiger partial charge < -0.3 is 18.9 Å². The van der Waals surface area contributed by atoms with Gasteiger partial charge in [-0.25, -0.2) is 0 Å². The van der Waals surface area contributed by atoms with Crippen LogP contribution >= 0.6 is 11.6 Å². The highest BCUT2D eigenvalue weighted by Gasteiger charge is 2.21. The van der Waals surface area contributed by atoms with Crippen LogP contribution < -0.4 is 10.3 Å². The minimum atomic E-state index is -0.144. The molecule has 1 aromatic heterocycles. The number of nitrogens with one attached hydrogen (secondary N) is 1. The molecule has 8 heteroatoms. The first kappa shape index (κ1) is 20.2. The van der Waals surface area contributed by atoms with E-state index in [0.717, 1.165) is 37.3 Å². The molecule has 7 nitrogen and oxygen atoms in total. The summed E-state index contributed by atoms with van der Waals surface area (Å²) in [6.45, 7) is 4.13. The maximum Gasteiger partial charge on any atom is 0.293 e. The Kier molecular flexibility index (Phi) is 6.59. The lowest BCUT2D eigenvalue weighted by atomic mass is 10.2. The molecule has 2 aromatic rings.